The van der Waals surface area contributed by atoms with Crippen LogP contribution in [0.5, 0.6) is 5.75 Å². The van der Waals surface area contributed by atoms with Crippen LogP contribution in [0.3, 0.4) is 0 Å². The summed E-state index contributed by atoms with van der Waals surface area (Å²) in [5, 5.41) is 4.16. The van der Waals surface area contributed by atoms with Gasteiger partial charge in [-0.15, -0.1) is 0 Å². The molecule has 0 bridgehead atoms. The first-order valence-electron chi connectivity index (χ1n) is 5.26. The van der Waals surface area contributed by atoms with Crippen LogP contribution in [-0.2, 0) is 4.74 Å². The Morgan fingerprint density at radius 3 is 2.81 bits per heavy atom. The third-order valence-corrected chi connectivity index (χ3v) is 2.44. The fraction of sp³-hybridized carbons (Fsp3) is 0.250. The van der Waals surface area contributed by atoms with E-state index in [1.54, 1.807) is 6.20 Å². The summed E-state index contributed by atoms with van der Waals surface area (Å²) >= 11 is 0. The lowest BCUT2D eigenvalue weighted by molar-refractivity contribution is 0.263. The first kappa shape index (κ1) is 9.42. The fourth-order valence-corrected chi connectivity index (χ4v) is 1.47. The van der Waals surface area contributed by atoms with Crippen molar-refractivity contribution in [3.05, 3.63) is 42.7 Å². The van der Waals surface area contributed by atoms with Gasteiger partial charge in [0.2, 0.25) is 0 Å². The average molecular weight is 216 g/mol. The zero-order valence-electron chi connectivity index (χ0n) is 8.74. The number of epoxide rings is 1. The van der Waals surface area contributed by atoms with Gasteiger partial charge in [0.25, 0.3) is 0 Å². The molecule has 1 aromatic carbocycles. The van der Waals surface area contributed by atoms with E-state index in [2.05, 4.69) is 5.10 Å². The number of benzene rings is 1. The molecule has 1 aliphatic rings. The molecule has 0 aliphatic carbocycles. The molecule has 4 nitrogen and oxygen atoms in total. The molecule has 1 fully saturated rings. The van der Waals surface area contributed by atoms with Gasteiger partial charge < -0.3 is 9.47 Å². The predicted octanol–water partition coefficient (Wildman–Crippen LogP) is 1.65. The van der Waals surface area contributed by atoms with E-state index in [1.807, 2.05) is 41.2 Å². The van der Waals surface area contributed by atoms with Crippen molar-refractivity contribution in [3.63, 3.8) is 0 Å². The lowest BCUT2D eigenvalue weighted by Crippen LogP contribution is -2.04. The molecule has 2 heterocycles. The van der Waals surface area contributed by atoms with E-state index in [-0.39, 0.29) is 0 Å². The molecule has 3 rings (SSSR count). The maximum atomic E-state index is 5.55. The highest BCUT2D eigenvalue weighted by Crippen LogP contribution is 2.17. The van der Waals surface area contributed by atoms with E-state index < -0.39 is 0 Å². The molecule has 16 heavy (non-hydrogen) atoms. The van der Waals surface area contributed by atoms with Crippen molar-refractivity contribution in [3.8, 4) is 11.4 Å². The Hall–Kier alpha value is -1.81. The second kappa shape index (κ2) is 3.98. The van der Waals surface area contributed by atoms with E-state index >= 15 is 0 Å². The predicted molar refractivity (Wildman–Crippen MR) is 58.8 cm³/mol. The lowest BCUT2D eigenvalue weighted by atomic mass is 10.3. The minimum atomic E-state index is 0.297. The average Bonchev–Trinajstić information content (AvgIpc) is 3.00. The van der Waals surface area contributed by atoms with Crippen molar-refractivity contribution in [2.45, 2.75) is 6.10 Å². The summed E-state index contributed by atoms with van der Waals surface area (Å²) in [5.74, 6) is 0.867. The van der Waals surface area contributed by atoms with Crippen molar-refractivity contribution in [1.82, 2.24) is 9.78 Å². The molecule has 0 N–H and O–H groups in total. The van der Waals surface area contributed by atoms with E-state index in [4.69, 9.17) is 9.47 Å². The van der Waals surface area contributed by atoms with Gasteiger partial charge in [0.15, 0.2) is 0 Å². The van der Waals surface area contributed by atoms with Crippen LogP contribution in [0, 0.1) is 0 Å². The Kier molecular flexibility index (Phi) is 2.34. The van der Waals surface area contributed by atoms with Crippen LogP contribution < -0.4 is 4.74 Å². The number of hydrogen-bond acceptors (Lipinski definition) is 3. The van der Waals surface area contributed by atoms with Gasteiger partial charge in [-0.2, -0.15) is 5.10 Å². The minimum Gasteiger partial charge on any atom is -0.491 e. The second-order valence-electron chi connectivity index (χ2n) is 3.71. The van der Waals surface area contributed by atoms with E-state index in [9.17, 15) is 0 Å². The third kappa shape index (κ3) is 2.06. The second-order valence-corrected chi connectivity index (χ2v) is 3.71. The molecule has 0 spiro atoms. The third-order valence-electron chi connectivity index (χ3n) is 2.44. The van der Waals surface area contributed by atoms with E-state index in [1.165, 1.54) is 0 Å². The van der Waals surface area contributed by atoms with Crippen molar-refractivity contribution >= 4 is 0 Å². The standard InChI is InChI=1S/C12H12N2O2/c1-6-13-14(7-1)10-2-4-11(5-3-10)15-8-12-9-16-12/h1-7,12H,8-9H2. The zero-order chi connectivity index (χ0) is 10.8. The van der Waals surface area contributed by atoms with Crippen molar-refractivity contribution in [2.24, 2.45) is 0 Å². The molecule has 1 unspecified atom stereocenters. The number of aromatic nitrogens is 2. The van der Waals surface area contributed by atoms with Crippen molar-refractivity contribution < 1.29 is 9.47 Å². The van der Waals surface area contributed by atoms with Crippen LogP contribution in [-0.4, -0.2) is 29.1 Å². The molecule has 1 saturated heterocycles. The first-order valence-corrected chi connectivity index (χ1v) is 5.26. The molecular formula is C12H12N2O2. The summed E-state index contributed by atoms with van der Waals surface area (Å²) in [5.41, 5.74) is 1.03. The Labute approximate surface area is 93.4 Å². The highest BCUT2D eigenvalue weighted by molar-refractivity contribution is 5.36. The minimum absolute atomic E-state index is 0.297. The van der Waals surface area contributed by atoms with Crippen LogP contribution in [0.4, 0.5) is 0 Å². The quantitative estimate of drug-likeness (QED) is 0.729. The molecule has 0 saturated carbocycles. The molecule has 1 aliphatic heterocycles. The van der Waals surface area contributed by atoms with Gasteiger partial charge in [0.1, 0.15) is 18.5 Å². The molecule has 1 atom stereocenters. The number of rotatable bonds is 4. The van der Waals surface area contributed by atoms with Gasteiger partial charge in [0, 0.05) is 12.4 Å². The first-order chi connectivity index (χ1) is 7.92. The van der Waals surface area contributed by atoms with Crippen LogP contribution in [0.2, 0.25) is 0 Å². The van der Waals surface area contributed by atoms with Crippen LogP contribution in [0.25, 0.3) is 5.69 Å². The summed E-state index contributed by atoms with van der Waals surface area (Å²) in [7, 11) is 0. The Morgan fingerprint density at radius 1 is 1.38 bits per heavy atom. The van der Waals surface area contributed by atoms with Gasteiger partial charge >= 0.3 is 0 Å². The van der Waals surface area contributed by atoms with E-state index in [0.717, 1.165) is 18.0 Å². The number of nitrogens with zero attached hydrogens (tertiary/aromatic N) is 2. The van der Waals surface area contributed by atoms with Crippen molar-refractivity contribution in [1.29, 1.82) is 0 Å². The van der Waals surface area contributed by atoms with Gasteiger partial charge in [-0.3, -0.25) is 0 Å². The fourth-order valence-electron chi connectivity index (χ4n) is 1.47. The summed E-state index contributed by atoms with van der Waals surface area (Å²) in [6, 6.07) is 9.75. The van der Waals surface area contributed by atoms with Gasteiger partial charge in [-0.25, -0.2) is 4.68 Å². The maximum absolute atomic E-state index is 5.55. The largest absolute Gasteiger partial charge is 0.491 e. The van der Waals surface area contributed by atoms with Crippen LogP contribution >= 0.6 is 0 Å². The van der Waals surface area contributed by atoms with Crippen LogP contribution in [0.15, 0.2) is 42.7 Å². The Bertz CT molecular complexity index is 446. The Balaban J connectivity index is 1.69. The van der Waals surface area contributed by atoms with Gasteiger partial charge in [-0.1, -0.05) is 0 Å². The molecule has 2 aromatic rings. The number of hydrogen-bond donors (Lipinski definition) is 0. The molecular weight excluding hydrogens is 204 g/mol. The van der Waals surface area contributed by atoms with Gasteiger partial charge in [0.05, 0.1) is 12.3 Å². The zero-order valence-corrected chi connectivity index (χ0v) is 8.74. The smallest absolute Gasteiger partial charge is 0.119 e. The molecule has 4 heteroatoms. The topological polar surface area (TPSA) is 39.6 Å². The van der Waals surface area contributed by atoms with Crippen molar-refractivity contribution in [2.75, 3.05) is 13.2 Å². The summed E-state index contributed by atoms with van der Waals surface area (Å²) in [4.78, 5) is 0. The molecule has 0 amide bonds. The van der Waals surface area contributed by atoms with E-state index in [0.29, 0.717) is 12.7 Å². The normalized spacial score (nSPS) is 18.4. The molecule has 1 aromatic heterocycles. The van der Waals surface area contributed by atoms with Crippen LogP contribution in [0.1, 0.15) is 0 Å². The Morgan fingerprint density at radius 2 is 2.19 bits per heavy atom. The van der Waals surface area contributed by atoms with Gasteiger partial charge in [-0.05, 0) is 30.3 Å². The monoisotopic (exact) mass is 216 g/mol. The summed E-state index contributed by atoms with van der Waals surface area (Å²) in [6.45, 7) is 1.46. The summed E-state index contributed by atoms with van der Waals surface area (Å²) < 4.78 is 12.4. The molecule has 82 valence electrons. The SMILES string of the molecule is c1cnn(-c2ccc(OCC3CO3)cc2)c1. The highest BCUT2D eigenvalue weighted by Gasteiger charge is 2.22. The molecule has 0 radical (unpaired) electrons. The lowest BCUT2D eigenvalue weighted by Gasteiger charge is -2.05. The maximum Gasteiger partial charge on any atom is 0.119 e. The number of ether oxygens (including phenoxy) is 2. The summed E-state index contributed by atoms with van der Waals surface area (Å²) in [6.07, 6.45) is 3.97. The highest BCUT2D eigenvalue weighted by atomic mass is 16.6.